The Labute approximate surface area is 118 Å². The van der Waals surface area contributed by atoms with Gasteiger partial charge in [-0.1, -0.05) is 18.2 Å². The highest BCUT2D eigenvalue weighted by molar-refractivity contribution is 5.98. The lowest BCUT2D eigenvalue weighted by Gasteiger charge is -2.12. The third-order valence-corrected chi connectivity index (χ3v) is 3.06. The summed E-state index contributed by atoms with van der Waals surface area (Å²) >= 11 is 0. The molecule has 3 aromatic rings. The number of nitrogens with two attached hydrogens (primary N) is 1. The highest BCUT2D eigenvalue weighted by Gasteiger charge is 2.12. The van der Waals surface area contributed by atoms with Gasteiger partial charge in [-0.3, -0.25) is 4.98 Å². The van der Waals surface area contributed by atoms with E-state index >= 15 is 0 Å². The maximum absolute atomic E-state index is 13.3. The van der Waals surface area contributed by atoms with Crippen LogP contribution in [0.2, 0.25) is 0 Å². The van der Waals surface area contributed by atoms with E-state index in [2.05, 4.69) is 10.3 Å². The predicted octanol–water partition coefficient (Wildman–Crippen LogP) is 3.98. The van der Waals surface area contributed by atoms with Gasteiger partial charge in [-0.05, 0) is 6.07 Å². The van der Waals surface area contributed by atoms with Crippen molar-refractivity contribution in [2.24, 2.45) is 0 Å². The first-order valence-corrected chi connectivity index (χ1v) is 6.11. The van der Waals surface area contributed by atoms with E-state index in [1.165, 1.54) is 6.20 Å². The van der Waals surface area contributed by atoms with Gasteiger partial charge in [-0.25, -0.2) is 13.2 Å². The summed E-state index contributed by atoms with van der Waals surface area (Å²) in [6.45, 7) is 0. The third kappa shape index (κ3) is 2.35. The highest BCUT2D eigenvalue weighted by atomic mass is 19.2. The van der Waals surface area contributed by atoms with Crippen LogP contribution in [0.1, 0.15) is 0 Å². The van der Waals surface area contributed by atoms with Gasteiger partial charge in [-0.15, -0.1) is 0 Å². The van der Waals surface area contributed by atoms with Crippen molar-refractivity contribution in [3.8, 4) is 0 Å². The molecule has 1 heterocycles. The van der Waals surface area contributed by atoms with E-state index in [1.54, 1.807) is 18.2 Å². The van der Waals surface area contributed by atoms with Crippen molar-refractivity contribution in [1.29, 1.82) is 0 Å². The van der Waals surface area contributed by atoms with Gasteiger partial charge in [-0.2, -0.15) is 0 Å². The molecule has 0 atom stereocenters. The first-order chi connectivity index (χ1) is 10.1. The van der Waals surface area contributed by atoms with Crippen molar-refractivity contribution in [2.75, 3.05) is 11.1 Å². The number of aromatic nitrogens is 1. The van der Waals surface area contributed by atoms with Crippen molar-refractivity contribution in [2.45, 2.75) is 0 Å². The molecule has 0 radical (unpaired) electrons. The van der Waals surface area contributed by atoms with E-state index in [1.807, 2.05) is 6.07 Å². The molecule has 0 fully saturated rings. The van der Waals surface area contributed by atoms with Crippen molar-refractivity contribution >= 4 is 28.0 Å². The van der Waals surface area contributed by atoms with Crippen LogP contribution in [0.25, 0.3) is 10.9 Å². The van der Waals surface area contributed by atoms with E-state index in [4.69, 9.17) is 5.73 Å². The van der Waals surface area contributed by atoms with Gasteiger partial charge in [0.15, 0.2) is 17.5 Å². The molecule has 0 saturated heterocycles. The number of hydrogen-bond acceptors (Lipinski definition) is 3. The molecule has 0 aliphatic rings. The molecule has 0 saturated carbocycles. The van der Waals surface area contributed by atoms with Crippen molar-refractivity contribution in [3.63, 3.8) is 0 Å². The largest absolute Gasteiger partial charge is 0.396 e. The number of para-hydroxylation sites is 1. The number of pyridine rings is 1. The number of halogens is 3. The summed E-state index contributed by atoms with van der Waals surface area (Å²) in [5.74, 6) is -4.04. The Bertz CT molecular complexity index is 811. The number of nitrogens with one attached hydrogen (secondary N) is 1. The van der Waals surface area contributed by atoms with Crippen molar-refractivity contribution < 1.29 is 13.2 Å². The number of nitrogens with zero attached hydrogens (tertiary/aromatic N) is 1. The molecule has 0 amide bonds. The maximum atomic E-state index is 13.3. The normalized spacial score (nSPS) is 10.8. The second-order valence-corrected chi connectivity index (χ2v) is 4.48. The average molecular weight is 289 g/mol. The molecular formula is C15H10F3N3. The second kappa shape index (κ2) is 4.97. The van der Waals surface area contributed by atoms with Gasteiger partial charge in [0.2, 0.25) is 0 Å². The van der Waals surface area contributed by atoms with E-state index in [0.29, 0.717) is 22.3 Å². The average Bonchev–Trinajstić information content (AvgIpc) is 2.47. The zero-order valence-corrected chi connectivity index (χ0v) is 10.7. The monoisotopic (exact) mass is 289 g/mol. The summed E-state index contributed by atoms with van der Waals surface area (Å²) in [4.78, 5) is 4.16. The van der Waals surface area contributed by atoms with Gasteiger partial charge in [0.25, 0.3) is 0 Å². The lowest BCUT2D eigenvalue weighted by Crippen LogP contribution is -2.01. The zero-order valence-electron chi connectivity index (χ0n) is 10.7. The quantitative estimate of drug-likeness (QED) is 0.702. The standard InChI is InChI=1S/C15H10F3N3/c16-10-5-8(6-11(17)14(10)18)21-15-9-3-1-2-4-13(9)20-7-12(15)19/h1-7H,19H2,(H,20,21). The number of hydrogen-bond donors (Lipinski definition) is 2. The van der Waals surface area contributed by atoms with Gasteiger partial charge < -0.3 is 11.1 Å². The van der Waals surface area contributed by atoms with Crippen LogP contribution in [0.3, 0.4) is 0 Å². The number of rotatable bonds is 2. The molecule has 0 aliphatic heterocycles. The SMILES string of the molecule is Nc1cnc2ccccc2c1Nc1cc(F)c(F)c(F)c1. The first kappa shape index (κ1) is 13.2. The molecule has 106 valence electrons. The van der Waals surface area contributed by atoms with E-state index in [0.717, 1.165) is 12.1 Å². The van der Waals surface area contributed by atoms with Crippen LogP contribution in [0.15, 0.2) is 42.6 Å². The van der Waals surface area contributed by atoms with Gasteiger partial charge >= 0.3 is 0 Å². The number of benzene rings is 2. The molecule has 0 spiro atoms. The Morgan fingerprint density at radius 3 is 2.38 bits per heavy atom. The Morgan fingerprint density at radius 1 is 1.00 bits per heavy atom. The number of fused-ring (bicyclic) bond motifs is 1. The Kier molecular flexibility index (Phi) is 3.13. The van der Waals surface area contributed by atoms with E-state index in [-0.39, 0.29) is 5.69 Å². The highest BCUT2D eigenvalue weighted by Crippen LogP contribution is 2.31. The van der Waals surface area contributed by atoms with E-state index in [9.17, 15) is 13.2 Å². The Morgan fingerprint density at radius 2 is 1.67 bits per heavy atom. The number of nitrogen functional groups attached to an aromatic ring is 1. The summed E-state index contributed by atoms with van der Waals surface area (Å²) in [5.41, 5.74) is 7.38. The van der Waals surface area contributed by atoms with Crippen LogP contribution < -0.4 is 11.1 Å². The summed E-state index contributed by atoms with van der Waals surface area (Å²) in [5, 5.41) is 3.51. The summed E-state index contributed by atoms with van der Waals surface area (Å²) in [7, 11) is 0. The topological polar surface area (TPSA) is 50.9 Å². The lowest BCUT2D eigenvalue weighted by molar-refractivity contribution is 0.448. The summed E-state index contributed by atoms with van der Waals surface area (Å²) in [6.07, 6.45) is 1.45. The maximum Gasteiger partial charge on any atom is 0.194 e. The van der Waals surface area contributed by atoms with Crippen LogP contribution in [0.5, 0.6) is 0 Å². The van der Waals surface area contributed by atoms with Crippen molar-refractivity contribution in [1.82, 2.24) is 4.98 Å². The van der Waals surface area contributed by atoms with Crippen LogP contribution in [0, 0.1) is 17.5 Å². The second-order valence-electron chi connectivity index (χ2n) is 4.48. The zero-order chi connectivity index (χ0) is 15.0. The molecular weight excluding hydrogens is 279 g/mol. The minimum absolute atomic E-state index is 0.0643. The smallest absolute Gasteiger partial charge is 0.194 e. The molecule has 0 bridgehead atoms. The van der Waals surface area contributed by atoms with Gasteiger partial charge in [0.1, 0.15) is 0 Å². The summed E-state index contributed by atoms with van der Waals surface area (Å²) in [6, 6.07) is 8.90. The third-order valence-electron chi connectivity index (χ3n) is 3.06. The Hall–Kier alpha value is -2.76. The molecule has 3 rings (SSSR count). The molecule has 0 aliphatic carbocycles. The summed E-state index contributed by atoms with van der Waals surface area (Å²) < 4.78 is 39.5. The van der Waals surface area contributed by atoms with Gasteiger partial charge in [0, 0.05) is 23.2 Å². The molecule has 3 N–H and O–H groups in total. The van der Waals surface area contributed by atoms with Gasteiger partial charge in [0.05, 0.1) is 23.1 Å². The Balaban J connectivity index is 2.12. The molecule has 3 nitrogen and oxygen atoms in total. The minimum atomic E-state index is -1.51. The van der Waals surface area contributed by atoms with Crippen LogP contribution >= 0.6 is 0 Å². The molecule has 6 heteroatoms. The van der Waals surface area contributed by atoms with Crippen LogP contribution in [-0.4, -0.2) is 4.98 Å². The number of anilines is 3. The lowest BCUT2D eigenvalue weighted by atomic mass is 10.1. The fourth-order valence-electron chi connectivity index (χ4n) is 2.07. The fraction of sp³-hybridized carbons (Fsp3) is 0. The fourth-order valence-corrected chi connectivity index (χ4v) is 2.07. The molecule has 2 aromatic carbocycles. The molecule has 1 aromatic heterocycles. The first-order valence-electron chi connectivity index (χ1n) is 6.11. The van der Waals surface area contributed by atoms with Crippen LogP contribution in [-0.2, 0) is 0 Å². The minimum Gasteiger partial charge on any atom is -0.396 e. The van der Waals surface area contributed by atoms with Crippen molar-refractivity contribution in [3.05, 3.63) is 60.0 Å². The van der Waals surface area contributed by atoms with Crippen LogP contribution in [0.4, 0.5) is 30.2 Å². The predicted molar refractivity (Wildman–Crippen MR) is 75.8 cm³/mol. The molecule has 0 unspecified atom stereocenters. The van der Waals surface area contributed by atoms with E-state index < -0.39 is 17.5 Å². The molecule has 21 heavy (non-hydrogen) atoms.